The van der Waals surface area contributed by atoms with Gasteiger partial charge in [0, 0.05) is 35.6 Å². The van der Waals surface area contributed by atoms with E-state index in [1.807, 2.05) is 13.0 Å². The molecule has 0 aliphatic rings. The molecule has 0 saturated heterocycles. The molecule has 4 aromatic rings. The van der Waals surface area contributed by atoms with Gasteiger partial charge in [-0.25, -0.2) is 9.78 Å². The van der Waals surface area contributed by atoms with Gasteiger partial charge in [-0.2, -0.15) is 0 Å². The number of anilines is 1. The minimum Gasteiger partial charge on any atom is -0.408 e. The van der Waals surface area contributed by atoms with Crippen LogP contribution in [0.4, 0.5) is 5.13 Å². The summed E-state index contributed by atoms with van der Waals surface area (Å²) in [7, 11) is 0. The zero-order chi connectivity index (χ0) is 19.8. The van der Waals surface area contributed by atoms with Crippen LogP contribution in [0.25, 0.3) is 21.3 Å². The van der Waals surface area contributed by atoms with Gasteiger partial charge in [0.25, 0.3) is 0 Å². The number of hydrogen-bond donors (Lipinski definition) is 0. The molecule has 0 N–H and O–H groups in total. The minimum absolute atomic E-state index is 0.122. The number of halogens is 2. The second kappa shape index (κ2) is 7.58. The van der Waals surface area contributed by atoms with E-state index in [2.05, 4.69) is 4.98 Å². The van der Waals surface area contributed by atoms with Gasteiger partial charge in [-0.3, -0.25) is 14.3 Å². The molecule has 144 valence electrons. The Bertz CT molecular complexity index is 1240. The topological polar surface area (TPSA) is 68.3 Å². The molecule has 0 bridgehead atoms. The second-order valence-corrected chi connectivity index (χ2v) is 8.01. The summed E-state index contributed by atoms with van der Waals surface area (Å²) in [5.74, 6) is -0.634. The lowest BCUT2D eigenvalue weighted by Crippen LogP contribution is -2.32. The van der Waals surface area contributed by atoms with Crippen LogP contribution in [0.2, 0.25) is 10.0 Å². The number of thiazole rings is 1. The first-order chi connectivity index (χ1) is 13.5. The van der Waals surface area contributed by atoms with Gasteiger partial charge in [-0.05, 0) is 37.3 Å². The van der Waals surface area contributed by atoms with E-state index in [1.54, 1.807) is 35.2 Å². The van der Waals surface area contributed by atoms with Crippen molar-refractivity contribution in [2.45, 2.75) is 19.9 Å². The van der Waals surface area contributed by atoms with Gasteiger partial charge >= 0.3 is 5.76 Å². The first-order valence-corrected chi connectivity index (χ1v) is 10.2. The third-order valence-electron chi connectivity index (χ3n) is 4.37. The number of carbonyl (C=O) groups excluding carboxylic acids is 1. The van der Waals surface area contributed by atoms with Crippen LogP contribution in [0.15, 0.2) is 45.6 Å². The maximum atomic E-state index is 12.8. The molecule has 9 heteroatoms. The summed E-state index contributed by atoms with van der Waals surface area (Å²) in [6.07, 6.45) is 0.141. The Morgan fingerprint density at radius 3 is 2.75 bits per heavy atom. The lowest BCUT2D eigenvalue weighted by atomic mass is 10.3. The van der Waals surface area contributed by atoms with Crippen molar-refractivity contribution in [1.82, 2.24) is 9.55 Å². The van der Waals surface area contributed by atoms with Gasteiger partial charge in [-0.15, -0.1) is 0 Å². The molecule has 2 aromatic heterocycles. The minimum atomic E-state index is -0.511. The molecule has 6 nitrogen and oxygen atoms in total. The zero-order valence-corrected chi connectivity index (χ0v) is 17.1. The summed E-state index contributed by atoms with van der Waals surface area (Å²) in [6, 6.07) is 10.4. The van der Waals surface area contributed by atoms with E-state index in [0.717, 1.165) is 10.2 Å². The van der Waals surface area contributed by atoms with Crippen LogP contribution < -0.4 is 10.7 Å². The van der Waals surface area contributed by atoms with E-state index in [4.69, 9.17) is 27.6 Å². The largest absolute Gasteiger partial charge is 0.419 e. The maximum absolute atomic E-state index is 12.8. The third-order valence-corrected chi connectivity index (χ3v) is 5.90. The highest BCUT2D eigenvalue weighted by Gasteiger charge is 2.19. The number of aryl methyl sites for hydroxylation is 1. The molecule has 0 unspecified atom stereocenters. The Balaban J connectivity index is 1.56. The third kappa shape index (κ3) is 3.53. The van der Waals surface area contributed by atoms with Crippen molar-refractivity contribution in [3.05, 3.63) is 57.0 Å². The van der Waals surface area contributed by atoms with E-state index >= 15 is 0 Å². The summed E-state index contributed by atoms with van der Waals surface area (Å²) in [6.45, 7) is 2.57. The fourth-order valence-corrected chi connectivity index (χ4v) is 4.37. The standard InChI is InChI=1S/C19H15Cl2N3O3S/c1-2-23(18-22-13-9-11(20)4-6-16(13)28-18)17(25)7-8-24-14-5-3-12(21)10-15(14)27-19(24)26/h3-6,9-10H,2,7-8H2,1H3. The molecule has 0 aliphatic heterocycles. The van der Waals surface area contributed by atoms with E-state index in [1.165, 1.54) is 15.9 Å². The number of rotatable bonds is 5. The Morgan fingerprint density at radius 1 is 1.21 bits per heavy atom. The number of nitrogens with zero attached hydrogens (tertiary/aromatic N) is 3. The SMILES string of the molecule is CCN(C(=O)CCn1c(=O)oc2cc(Cl)ccc21)c1nc2cc(Cl)ccc2s1. The lowest BCUT2D eigenvalue weighted by molar-refractivity contribution is -0.118. The van der Waals surface area contributed by atoms with Crippen molar-refractivity contribution in [2.75, 3.05) is 11.4 Å². The van der Waals surface area contributed by atoms with E-state index in [0.29, 0.717) is 32.8 Å². The van der Waals surface area contributed by atoms with E-state index in [9.17, 15) is 9.59 Å². The smallest absolute Gasteiger partial charge is 0.408 e. The van der Waals surface area contributed by atoms with Gasteiger partial charge in [0.2, 0.25) is 5.91 Å². The van der Waals surface area contributed by atoms with Gasteiger partial charge in [-0.1, -0.05) is 34.5 Å². The molecule has 0 saturated carbocycles. The highest BCUT2D eigenvalue weighted by molar-refractivity contribution is 7.22. The molecular weight excluding hydrogens is 421 g/mol. The number of hydrogen-bond acceptors (Lipinski definition) is 5. The van der Waals surface area contributed by atoms with Gasteiger partial charge in [0.15, 0.2) is 10.7 Å². The summed E-state index contributed by atoms with van der Waals surface area (Å²) in [5, 5.41) is 1.70. The highest BCUT2D eigenvalue weighted by Crippen LogP contribution is 2.31. The fourth-order valence-electron chi connectivity index (χ4n) is 3.02. The van der Waals surface area contributed by atoms with E-state index < -0.39 is 5.76 Å². The fraction of sp³-hybridized carbons (Fsp3) is 0.211. The Morgan fingerprint density at radius 2 is 1.96 bits per heavy atom. The zero-order valence-electron chi connectivity index (χ0n) is 14.8. The molecule has 0 radical (unpaired) electrons. The molecule has 1 amide bonds. The molecule has 0 aliphatic carbocycles. The number of fused-ring (bicyclic) bond motifs is 2. The summed E-state index contributed by atoms with van der Waals surface area (Å²) in [4.78, 5) is 31.1. The predicted octanol–water partition coefficient (Wildman–Crippen LogP) is 4.95. The predicted molar refractivity (Wildman–Crippen MR) is 113 cm³/mol. The van der Waals surface area contributed by atoms with Crippen molar-refractivity contribution in [3.8, 4) is 0 Å². The van der Waals surface area contributed by atoms with Crippen molar-refractivity contribution in [2.24, 2.45) is 0 Å². The van der Waals surface area contributed by atoms with Crippen molar-refractivity contribution in [3.63, 3.8) is 0 Å². The van der Waals surface area contributed by atoms with Crippen molar-refractivity contribution in [1.29, 1.82) is 0 Å². The normalized spacial score (nSPS) is 11.4. The average molecular weight is 436 g/mol. The number of oxazole rings is 1. The average Bonchev–Trinajstić information content (AvgIpc) is 3.19. The van der Waals surface area contributed by atoms with Crippen LogP contribution in [0.1, 0.15) is 13.3 Å². The van der Waals surface area contributed by atoms with Gasteiger partial charge < -0.3 is 4.42 Å². The number of amides is 1. The first kappa shape index (κ1) is 19.0. The molecule has 28 heavy (non-hydrogen) atoms. The molecule has 0 fully saturated rings. The summed E-state index contributed by atoms with van der Waals surface area (Å²) in [5.41, 5.74) is 1.77. The van der Waals surface area contributed by atoms with Crippen LogP contribution in [0, 0.1) is 0 Å². The Kier molecular flexibility index (Phi) is 5.14. The van der Waals surface area contributed by atoms with Gasteiger partial charge in [0.05, 0.1) is 15.7 Å². The van der Waals surface area contributed by atoms with Crippen LogP contribution in [-0.4, -0.2) is 22.0 Å². The van der Waals surface area contributed by atoms with Crippen molar-refractivity contribution < 1.29 is 9.21 Å². The van der Waals surface area contributed by atoms with E-state index in [-0.39, 0.29) is 18.9 Å². The molecule has 2 heterocycles. The molecule has 2 aromatic carbocycles. The van der Waals surface area contributed by atoms with Crippen LogP contribution >= 0.6 is 34.5 Å². The number of carbonyl (C=O) groups is 1. The summed E-state index contributed by atoms with van der Waals surface area (Å²) < 4.78 is 7.61. The molecular formula is C19H15Cl2N3O3S. The molecule has 4 rings (SSSR count). The van der Waals surface area contributed by atoms with Gasteiger partial charge in [0.1, 0.15) is 0 Å². The highest BCUT2D eigenvalue weighted by atomic mass is 35.5. The number of benzene rings is 2. The second-order valence-electron chi connectivity index (χ2n) is 6.13. The molecule has 0 spiro atoms. The summed E-state index contributed by atoms with van der Waals surface area (Å²) >= 11 is 13.4. The molecule has 0 atom stereocenters. The Labute approximate surface area is 173 Å². The van der Waals surface area contributed by atoms with Crippen molar-refractivity contribution >= 4 is 66.9 Å². The Hall–Kier alpha value is -2.35. The van der Waals surface area contributed by atoms with Crippen LogP contribution in [-0.2, 0) is 11.3 Å². The van der Waals surface area contributed by atoms with Crippen LogP contribution in [0.5, 0.6) is 0 Å². The monoisotopic (exact) mass is 435 g/mol. The van der Waals surface area contributed by atoms with Crippen LogP contribution in [0.3, 0.4) is 0 Å². The number of aromatic nitrogens is 2. The maximum Gasteiger partial charge on any atom is 0.419 e. The quantitative estimate of drug-likeness (QED) is 0.444. The lowest BCUT2D eigenvalue weighted by Gasteiger charge is -2.17. The first-order valence-electron chi connectivity index (χ1n) is 8.61.